The van der Waals surface area contributed by atoms with Crippen molar-refractivity contribution in [2.75, 3.05) is 5.32 Å². The molecule has 0 bridgehead atoms. The zero-order valence-corrected chi connectivity index (χ0v) is 15.6. The maximum Gasteiger partial charge on any atom is 0.141 e. The summed E-state index contributed by atoms with van der Waals surface area (Å²) in [7, 11) is 0. The molecule has 2 heterocycles. The first-order valence-electron chi connectivity index (χ1n) is 7.16. The number of halogens is 1. The minimum atomic E-state index is 0.827. The Kier molecular flexibility index (Phi) is 3.65. The van der Waals surface area contributed by atoms with Crippen molar-refractivity contribution in [1.29, 1.82) is 0 Å². The van der Waals surface area contributed by atoms with E-state index in [1.54, 1.807) is 17.7 Å². The fraction of sp³-hybridized carbons (Fsp3) is 0.118. The molecular weight excluding hydrogens is 419 g/mol. The molecule has 0 radical (unpaired) electrons. The molecule has 6 heteroatoms. The molecule has 0 atom stereocenters. The van der Waals surface area contributed by atoms with E-state index in [9.17, 15) is 0 Å². The molecule has 0 saturated heterocycles. The van der Waals surface area contributed by atoms with Crippen molar-refractivity contribution < 1.29 is 0 Å². The Balaban J connectivity index is 1.80. The summed E-state index contributed by atoms with van der Waals surface area (Å²) in [5.41, 5.74) is 4.26. The van der Waals surface area contributed by atoms with E-state index in [1.807, 2.05) is 19.1 Å². The van der Waals surface area contributed by atoms with Gasteiger partial charge in [-0.05, 0) is 66.3 Å². The average Bonchev–Trinajstić information content (AvgIpc) is 2.91. The number of nitrogens with one attached hydrogen (secondary N) is 1. The van der Waals surface area contributed by atoms with Crippen LogP contribution in [0.15, 0.2) is 36.7 Å². The molecule has 23 heavy (non-hydrogen) atoms. The van der Waals surface area contributed by atoms with E-state index in [0.717, 1.165) is 32.9 Å². The first kappa shape index (κ1) is 14.8. The van der Waals surface area contributed by atoms with Gasteiger partial charge in [-0.1, -0.05) is 6.07 Å². The smallest absolute Gasteiger partial charge is 0.141 e. The number of rotatable bonds is 2. The van der Waals surface area contributed by atoms with Crippen LogP contribution in [-0.4, -0.2) is 15.0 Å². The highest BCUT2D eigenvalue weighted by Crippen LogP contribution is 2.30. The van der Waals surface area contributed by atoms with E-state index >= 15 is 0 Å². The topological polar surface area (TPSA) is 50.7 Å². The number of hydrogen-bond donors (Lipinski definition) is 1. The van der Waals surface area contributed by atoms with Gasteiger partial charge >= 0.3 is 0 Å². The molecule has 4 aromatic rings. The lowest BCUT2D eigenvalue weighted by Gasteiger charge is -2.10. The van der Waals surface area contributed by atoms with Gasteiger partial charge in [-0.15, -0.1) is 11.3 Å². The summed E-state index contributed by atoms with van der Waals surface area (Å²) in [6.45, 7) is 4.12. The maximum atomic E-state index is 4.50. The van der Waals surface area contributed by atoms with Crippen LogP contribution in [0.3, 0.4) is 0 Å². The third-order valence-corrected chi connectivity index (χ3v) is 5.99. The summed E-state index contributed by atoms with van der Waals surface area (Å²) in [4.78, 5) is 13.3. The Labute approximate surface area is 151 Å². The van der Waals surface area contributed by atoms with Gasteiger partial charge in [0.25, 0.3) is 0 Å². The molecule has 0 aliphatic carbocycles. The van der Waals surface area contributed by atoms with Crippen LogP contribution in [0, 0.1) is 17.4 Å². The summed E-state index contributed by atoms with van der Waals surface area (Å²) >= 11 is 4.04. The monoisotopic (exact) mass is 432 g/mol. The second kappa shape index (κ2) is 5.68. The van der Waals surface area contributed by atoms with E-state index in [2.05, 4.69) is 68.0 Å². The van der Waals surface area contributed by atoms with E-state index < -0.39 is 0 Å². The van der Waals surface area contributed by atoms with Gasteiger partial charge in [-0.2, -0.15) is 0 Å². The zero-order chi connectivity index (χ0) is 16.0. The Morgan fingerprint density at radius 1 is 1.09 bits per heavy atom. The number of fused-ring (bicyclic) bond motifs is 2. The lowest BCUT2D eigenvalue weighted by atomic mass is 10.1. The van der Waals surface area contributed by atoms with Crippen molar-refractivity contribution in [3.05, 3.63) is 50.8 Å². The molecule has 0 spiro atoms. The molecule has 2 aromatic carbocycles. The van der Waals surface area contributed by atoms with E-state index in [-0.39, 0.29) is 0 Å². The van der Waals surface area contributed by atoms with Crippen LogP contribution in [0.1, 0.15) is 10.6 Å². The predicted molar refractivity (Wildman–Crippen MR) is 105 cm³/mol. The van der Waals surface area contributed by atoms with Gasteiger partial charge in [-0.3, -0.25) is 0 Å². The van der Waals surface area contributed by atoms with Crippen LogP contribution in [0.5, 0.6) is 0 Å². The molecule has 114 valence electrons. The number of aryl methyl sites for hydroxylation is 2. The molecular formula is C17H13IN4S. The van der Waals surface area contributed by atoms with Crippen molar-refractivity contribution in [3.63, 3.8) is 0 Å². The fourth-order valence-corrected chi connectivity index (χ4v) is 4.03. The number of aromatic nitrogens is 3. The Morgan fingerprint density at radius 2 is 1.96 bits per heavy atom. The number of thiazole rings is 1. The van der Waals surface area contributed by atoms with E-state index in [4.69, 9.17) is 0 Å². The molecule has 0 fully saturated rings. The molecule has 0 saturated carbocycles. The van der Waals surface area contributed by atoms with Crippen LogP contribution in [0.2, 0.25) is 0 Å². The average molecular weight is 432 g/mol. The quantitative estimate of drug-likeness (QED) is 0.442. The predicted octanol–water partition coefficient (Wildman–Crippen LogP) is 5.20. The lowest BCUT2D eigenvalue weighted by molar-refractivity contribution is 1.21. The number of benzene rings is 2. The van der Waals surface area contributed by atoms with Crippen molar-refractivity contribution >= 4 is 66.6 Å². The minimum Gasteiger partial charge on any atom is -0.340 e. The van der Waals surface area contributed by atoms with Crippen molar-refractivity contribution in [3.8, 4) is 0 Å². The van der Waals surface area contributed by atoms with Crippen LogP contribution < -0.4 is 5.32 Å². The molecule has 4 rings (SSSR count). The minimum absolute atomic E-state index is 0.827. The van der Waals surface area contributed by atoms with Crippen LogP contribution >= 0.6 is 33.9 Å². The van der Waals surface area contributed by atoms with Crippen LogP contribution in [0.25, 0.3) is 21.1 Å². The normalized spacial score (nSPS) is 11.3. The SMILES string of the molecule is Cc1nc2ccc(Nc3ncnc4c(I)c(C)ccc34)cc2s1. The van der Waals surface area contributed by atoms with Gasteiger partial charge in [0.05, 0.1) is 20.7 Å². The molecule has 0 aliphatic heterocycles. The van der Waals surface area contributed by atoms with Crippen LogP contribution in [0.4, 0.5) is 11.5 Å². The highest BCUT2D eigenvalue weighted by atomic mass is 127. The Bertz CT molecular complexity index is 1040. The molecule has 0 amide bonds. The third-order valence-electron chi connectivity index (χ3n) is 3.70. The standard InChI is InChI=1S/C17H13IN4S/c1-9-3-5-12-16(15(9)18)19-8-20-17(12)22-11-4-6-13-14(7-11)23-10(2)21-13/h3-8H,1-2H3,(H,19,20,22). The number of nitrogens with zero attached hydrogens (tertiary/aromatic N) is 3. The van der Waals surface area contributed by atoms with E-state index in [1.165, 1.54) is 13.8 Å². The summed E-state index contributed by atoms with van der Waals surface area (Å²) in [6, 6.07) is 10.4. The number of anilines is 2. The Morgan fingerprint density at radius 3 is 2.83 bits per heavy atom. The molecule has 1 N–H and O–H groups in total. The zero-order valence-electron chi connectivity index (χ0n) is 12.6. The van der Waals surface area contributed by atoms with Crippen molar-refractivity contribution in [1.82, 2.24) is 15.0 Å². The number of hydrogen-bond acceptors (Lipinski definition) is 5. The van der Waals surface area contributed by atoms with E-state index in [0.29, 0.717) is 0 Å². The van der Waals surface area contributed by atoms with Crippen molar-refractivity contribution in [2.45, 2.75) is 13.8 Å². The highest BCUT2D eigenvalue weighted by molar-refractivity contribution is 14.1. The first-order valence-corrected chi connectivity index (χ1v) is 9.05. The van der Waals surface area contributed by atoms with Crippen molar-refractivity contribution in [2.24, 2.45) is 0 Å². The summed E-state index contributed by atoms with van der Waals surface area (Å²) in [5.74, 6) is 0.827. The summed E-state index contributed by atoms with van der Waals surface area (Å²) in [5, 5.41) is 5.53. The third kappa shape index (κ3) is 2.66. The van der Waals surface area contributed by atoms with Crippen LogP contribution in [-0.2, 0) is 0 Å². The largest absolute Gasteiger partial charge is 0.340 e. The van der Waals surface area contributed by atoms with Gasteiger partial charge in [0, 0.05) is 14.6 Å². The van der Waals surface area contributed by atoms with Gasteiger partial charge < -0.3 is 5.32 Å². The summed E-state index contributed by atoms with van der Waals surface area (Å²) in [6.07, 6.45) is 1.61. The molecule has 4 nitrogen and oxygen atoms in total. The Hall–Kier alpha value is -1.80. The lowest BCUT2D eigenvalue weighted by Crippen LogP contribution is -1.97. The highest BCUT2D eigenvalue weighted by Gasteiger charge is 2.09. The van der Waals surface area contributed by atoms with Gasteiger partial charge in [0.15, 0.2) is 0 Å². The van der Waals surface area contributed by atoms with Gasteiger partial charge in [-0.25, -0.2) is 15.0 Å². The molecule has 0 unspecified atom stereocenters. The van der Waals surface area contributed by atoms with Gasteiger partial charge in [0.1, 0.15) is 12.1 Å². The molecule has 0 aliphatic rings. The maximum absolute atomic E-state index is 4.50. The fourth-order valence-electron chi connectivity index (χ4n) is 2.55. The molecule has 2 aromatic heterocycles. The second-order valence-electron chi connectivity index (χ2n) is 5.36. The summed E-state index contributed by atoms with van der Waals surface area (Å²) < 4.78 is 2.34. The first-order chi connectivity index (χ1) is 11.1. The van der Waals surface area contributed by atoms with Gasteiger partial charge in [0.2, 0.25) is 0 Å². The second-order valence-corrected chi connectivity index (χ2v) is 7.67.